The van der Waals surface area contributed by atoms with Gasteiger partial charge in [-0.05, 0) is 0 Å². The van der Waals surface area contributed by atoms with Crippen LogP contribution in [0.15, 0.2) is 0 Å². The molecule has 0 saturated carbocycles. The molecule has 0 fully saturated rings. The van der Waals surface area contributed by atoms with Gasteiger partial charge in [0.2, 0.25) is 0 Å². The van der Waals surface area contributed by atoms with E-state index < -0.39 is 0 Å². The summed E-state index contributed by atoms with van der Waals surface area (Å²) in [6.45, 7) is 0. The number of rotatable bonds is 0. The Balaban J connectivity index is 0. The van der Waals surface area contributed by atoms with Crippen LogP contribution in [0.3, 0.4) is 0 Å². The average molecular weight is 4720 g/mol. The summed E-state index contributed by atoms with van der Waals surface area (Å²) in [5.74, 6) is 0. The Labute approximate surface area is 1160 Å². The van der Waals surface area contributed by atoms with Gasteiger partial charge in [0.15, 0.2) is 0 Å². The zero-order valence-corrected chi connectivity index (χ0v) is 143. The van der Waals surface area contributed by atoms with Gasteiger partial charge in [-0.3, -0.25) is 0 Å². The smallest absolute Gasteiger partial charge is 0 e. The molecule has 0 heterocycles. The van der Waals surface area contributed by atoms with E-state index in [0.29, 0.717) is 0 Å². The van der Waals surface area contributed by atoms with Gasteiger partial charge in [0.1, 0.15) is 0 Å². The summed E-state index contributed by atoms with van der Waals surface area (Å²) in [6.07, 6.45) is 0. The zero-order valence-electron chi connectivity index (χ0n) is 19.6. The molecule has 34 heavy (non-hydrogen) atoms. The van der Waals surface area contributed by atoms with Crippen LogP contribution in [-0.2, 0) is 0 Å². The molecule has 0 aliphatic heterocycles. The van der Waals surface area contributed by atoms with E-state index in [2.05, 4.69) is 0 Å². The molecule has 0 spiro atoms. The van der Waals surface area contributed by atoms with Gasteiger partial charge in [0.25, 0.3) is 0 Å². The standard InChI is InChI=1S/34La. The van der Waals surface area contributed by atoms with Crippen LogP contribution in [0, 0.1) is 1210 Å². The Bertz CT molecular complexity index is 0. The Morgan fingerprint density at radius 2 is 0.0294 bits per heavy atom. The second-order valence-corrected chi connectivity index (χ2v) is 0. The maximum absolute atomic E-state index is 0. The van der Waals surface area contributed by atoms with Crippen molar-refractivity contribution in [3.63, 3.8) is 0 Å². The minimum atomic E-state index is 0. The fraction of sp³-hybridized carbons (Fsp3) is 0. The van der Waals surface area contributed by atoms with Crippen LogP contribution >= 0.6 is 0 Å². The number of hydrogen-bond donors (Lipinski definition) is 0. The van der Waals surface area contributed by atoms with Gasteiger partial charge in [0, 0.05) is 1210 Å². The van der Waals surface area contributed by atoms with Gasteiger partial charge in [-0.1, -0.05) is 0 Å². The quantitative estimate of drug-likeness (QED) is 0.321. The van der Waals surface area contributed by atoms with Crippen molar-refractivity contribution in [3.8, 4) is 0 Å². The summed E-state index contributed by atoms with van der Waals surface area (Å²) in [5, 5.41) is 0. The predicted octanol–water partition coefficient (Wildman–Crippen LogP) is 0. The molecule has 34 radical (unpaired) electrons. The van der Waals surface area contributed by atoms with Crippen molar-refractivity contribution in [2.24, 2.45) is 0 Å². The molecule has 0 bridgehead atoms. The van der Waals surface area contributed by atoms with Crippen molar-refractivity contribution in [1.82, 2.24) is 0 Å². The molecule has 0 aliphatic carbocycles. The molecule has 0 aromatic heterocycles. The van der Waals surface area contributed by atoms with Crippen molar-refractivity contribution in [1.29, 1.82) is 0 Å². The van der Waals surface area contributed by atoms with E-state index in [4.69, 9.17) is 0 Å². The van der Waals surface area contributed by atoms with Crippen molar-refractivity contribution in [2.75, 3.05) is 0 Å². The molecule has 0 amide bonds. The fourth-order valence-corrected chi connectivity index (χ4v) is 0. The molecule has 102 valence electrons. The predicted molar refractivity (Wildman–Crippen MR) is 0 cm³/mol. The minimum Gasteiger partial charge on any atom is 0 e. The van der Waals surface area contributed by atoms with E-state index in [1.165, 1.54) is 0 Å². The van der Waals surface area contributed by atoms with Gasteiger partial charge >= 0.3 is 0 Å². The van der Waals surface area contributed by atoms with E-state index in [-0.39, 0.29) is 1210 Å². The van der Waals surface area contributed by atoms with Gasteiger partial charge in [0.05, 0.1) is 0 Å². The first kappa shape index (κ1) is 245. The van der Waals surface area contributed by atoms with E-state index in [0.717, 1.165) is 0 Å². The summed E-state index contributed by atoms with van der Waals surface area (Å²) in [6, 6.07) is 0. The largest absolute Gasteiger partial charge is 0 e. The molecular formula is La34. The molecule has 0 unspecified atom stereocenters. The van der Waals surface area contributed by atoms with E-state index in [1.807, 2.05) is 0 Å². The summed E-state index contributed by atoms with van der Waals surface area (Å²) < 4.78 is 0. The van der Waals surface area contributed by atoms with Crippen molar-refractivity contribution in [2.45, 2.75) is 0 Å². The maximum atomic E-state index is 0. The van der Waals surface area contributed by atoms with E-state index in [9.17, 15) is 0 Å². The Morgan fingerprint density at radius 3 is 0.0294 bits per heavy atom. The average Bonchev–Trinajstić information content (AvgIpc) is 0. The first-order valence-corrected chi connectivity index (χ1v) is 0. The normalized spacial score (nSPS) is 0. The second-order valence-electron chi connectivity index (χ2n) is 0. The Kier molecular flexibility index (Phi) is 1700. The minimum absolute atomic E-state index is 0. The van der Waals surface area contributed by atoms with Crippen LogP contribution in [0.4, 0.5) is 0 Å². The van der Waals surface area contributed by atoms with Crippen molar-refractivity contribution >= 4 is 0 Å². The second kappa shape index (κ2) is 235. The van der Waals surface area contributed by atoms with Gasteiger partial charge in [-0.25, -0.2) is 0 Å². The third kappa shape index (κ3) is 226. The van der Waals surface area contributed by atoms with Gasteiger partial charge in [-0.15, -0.1) is 0 Å². The third-order valence-corrected chi connectivity index (χ3v) is 0. The number of hydrogen-bond acceptors (Lipinski definition) is 0. The molecule has 0 aliphatic rings. The van der Waals surface area contributed by atoms with E-state index in [1.54, 1.807) is 0 Å². The molecule has 0 saturated heterocycles. The Hall–Kier alpha value is 40.6. The first-order chi connectivity index (χ1) is 0. The van der Waals surface area contributed by atoms with Crippen LogP contribution in [-0.4, -0.2) is 0 Å². The molecule has 34 heteroatoms. The summed E-state index contributed by atoms with van der Waals surface area (Å²) in [4.78, 5) is 0. The van der Waals surface area contributed by atoms with Gasteiger partial charge < -0.3 is 0 Å². The molecular weight excluding hydrogens is 4720 g/mol. The summed E-state index contributed by atoms with van der Waals surface area (Å²) in [5.41, 5.74) is 0. The van der Waals surface area contributed by atoms with Crippen LogP contribution in [0.5, 0.6) is 0 Å². The molecule has 0 rings (SSSR count). The summed E-state index contributed by atoms with van der Waals surface area (Å²) in [7, 11) is 0. The maximum Gasteiger partial charge on any atom is 0 e. The topological polar surface area (TPSA) is 0 Å². The fourth-order valence-electron chi connectivity index (χ4n) is 0. The first-order valence-electron chi connectivity index (χ1n) is 0. The monoisotopic (exact) mass is 4720 g/mol. The SMILES string of the molecule is [La].[La].[La].[La].[La].[La].[La].[La].[La].[La].[La].[La].[La].[La].[La].[La].[La].[La].[La].[La].[La].[La].[La].[La].[La].[La].[La].[La].[La].[La].[La].[La].[La].[La]. The molecule has 0 aromatic rings. The van der Waals surface area contributed by atoms with Crippen LogP contribution in [0.1, 0.15) is 0 Å². The third-order valence-electron chi connectivity index (χ3n) is 0. The van der Waals surface area contributed by atoms with Crippen molar-refractivity contribution < 1.29 is 1210 Å². The van der Waals surface area contributed by atoms with Crippen LogP contribution in [0.2, 0.25) is 0 Å². The van der Waals surface area contributed by atoms with Crippen LogP contribution < -0.4 is 0 Å². The van der Waals surface area contributed by atoms with Gasteiger partial charge in [-0.2, -0.15) is 0 Å². The molecule has 0 aromatic carbocycles. The van der Waals surface area contributed by atoms with Crippen molar-refractivity contribution in [3.05, 3.63) is 0 Å². The summed E-state index contributed by atoms with van der Waals surface area (Å²) >= 11 is 0. The molecule has 0 nitrogen and oxygen atoms in total. The zero-order chi connectivity index (χ0) is 0. The Morgan fingerprint density at radius 1 is 0.0294 bits per heavy atom. The molecule has 0 atom stereocenters. The van der Waals surface area contributed by atoms with Crippen LogP contribution in [0.25, 0.3) is 0 Å². The van der Waals surface area contributed by atoms with E-state index >= 15 is 0 Å². The molecule has 0 N–H and O–H groups in total.